The topological polar surface area (TPSA) is 58.6 Å². The first kappa shape index (κ1) is 16.7. The van der Waals surface area contributed by atoms with E-state index in [1.54, 1.807) is 7.11 Å². The van der Waals surface area contributed by atoms with E-state index in [4.69, 9.17) is 4.74 Å². The Hall–Kier alpha value is -1.39. The molecule has 0 aliphatic rings. The van der Waals surface area contributed by atoms with Gasteiger partial charge in [0.05, 0.1) is 6.61 Å². The van der Waals surface area contributed by atoms with Crippen molar-refractivity contribution in [1.29, 1.82) is 0 Å². The first-order chi connectivity index (χ1) is 9.67. The maximum Gasteiger partial charge on any atom is 0.320 e. The van der Waals surface area contributed by atoms with Crippen molar-refractivity contribution in [3.63, 3.8) is 0 Å². The number of benzene rings is 1. The summed E-state index contributed by atoms with van der Waals surface area (Å²) in [6, 6.07) is 9.57. The third-order valence-electron chi connectivity index (χ3n) is 3.27. The predicted octanol–water partition coefficient (Wildman–Crippen LogP) is 2.48. The lowest BCUT2D eigenvalue weighted by atomic mass is 10.0. The van der Waals surface area contributed by atoms with Gasteiger partial charge in [0.2, 0.25) is 0 Å². The van der Waals surface area contributed by atoms with Crippen LogP contribution in [0.15, 0.2) is 30.3 Å². The molecule has 0 spiro atoms. The SMILES string of the molecule is CCCCC(NC(COC)Cc1ccccc1)C(=O)O. The molecule has 2 atom stereocenters. The van der Waals surface area contributed by atoms with Crippen LogP contribution in [0.3, 0.4) is 0 Å². The van der Waals surface area contributed by atoms with Gasteiger partial charge in [0.25, 0.3) is 0 Å². The molecule has 0 saturated heterocycles. The summed E-state index contributed by atoms with van der Waals surface area (Å²) in [5.74, 6) is -0.785. The Morgan fingerprint density at radius 3 is 2.60 bits per heavy atom. The van der Waals surface area contributed by atoms with Gasteiger partial charge in [-0.05, 0) is 18.4 Å². The van der Waals surface area contributed by atoms with Crippen LogP contribution in [0, 0.1) is 0 Å². The first-order valence-corrected chi connectivity index (χ1v) is 7.19. The summed E-state index contributed by atoms with van der Waals surface area (Å²) >= 11 is 0. The second kappa shape index (κ2) is 9.50. The Balaban J connectivity index is 2.61. The number of ether oxygens (including phenoxy) is 1. The first-order valence-electron chi connectivity index (χ1n) is 7.19. The zero-order valence-electron chi connectivity index (χ0n) is 12.3. The number of carboxylic acid groups (broad SMARTS) is 1. The highest BCUT2D eigenvalue weighted by molar-refractivity contribution is 5.73. The van der Waals surface area contributed by atoms with Crippen molar-refractivity contribution in [2.45, 2.75) is 44.7 Å². The summed E-state index contributed by atoms with van der Waals surface area (Å²) in [5.41, 5.74) is 1.18. The zero-order chi connectivity index (χ0) is 14.8. The van der Waals surface area contributed by atoms with E-state index in [2.05, 4.69) is 12.2 Å². The largest absolute Gasteiger partial charge is 0.480 e. The van der Waals surface area contributed by atoms with Crippen molar-refractivity contribution < 1.29 is 14.6 Å². The Bertz CT molecular complexity index is 381. The summed E-state index contributed by atoms with van der Waals surface area (Å²) in [5, 5.41) is 12.5. The van der Waals surface area contributed by atoms with Crippen LogP contribution in [0.4, 0.5) is 0 Å². The fourth-order valence-electron chi connectivity index (χ4n) is 2.24. The van der Waals surface area contributed by atoms with Gasteiger partial charge in [-0.25, -0.2) is 0 Å². The van der Waals surface area contributed by atoms with Crippen molar-refractivity contribution in [3.05, 3.63) is 35.9 Å². The third-order valence-corrected chi connectivity index (χ3v) is 3.27. The van der Waals surface area contributed by atoms with Crippen molar-refractivity contribution >= 4 is 5.97 Å². The molecule has 2 N–H and O–H groups in total. The monoisotopic (exact) mass is 279 g/mol. The van der Waals surface area contributed by atoms with E-state index < -0.39 is 12.0 Å². The number of carboxylic acids is 1. The van der Waals surface area contributed by atoms with E-state index in [0.29, 0.717) is 13.0 Å². The maximum absolute atomic E-state index is 11.3. The molecule has 4 nitrogen and oxygen atoms in total. The Kier molecular flexibility index (Phi) is 7.92. The molecule has 0 bridgehead atoms. The minimum absolute atomic E-state index is 0.0142. The second-order valence-corrected chi connectivity index (χ2v) is 5.04. The third kappa shape index (κ3) is 6.17. The lowest BCUT2D eigenvalue weighted by Crippen LogP contribution is -2.46. The summed E-state index contributed by atoms with van der Waals surface area (Å²) in [6.07, 6.45) is 3.33. The molecule has 0 fully saturated rings. The molecule has 1 aromatic carbocycles. The lowest BCUT2D eigenvalue weighted by molar-refractivity contribution is -0.140. The molecule has 0 aromatic heterocycles. The molecular formula is C16H25NO3. The molecule has 4 heteroatoms. The number of hydrogen-bond donors (Lipinski definition) is 2. The number of rotatable bonds is 10. The van der Waals surface area contributed by atoms with E-state index in [1.165, 1.54) is 5.56 Å². The van der Waals surface area contributed by atoms with Gasteiger partial charge in [0.15, 0.2) is 0 Å². The van der Waals surface area contributed by atoms with Crippen LogP contribution in [-0.4, -0.2) is 36.9 Å². The minimum Gasteiger partial charge on any atom is -0.480 e. The molecule has 0 radical (unpaired) electrons. The van der Waals surface area contributed by atoms with Crippen molar-refractivity contribution in [2.24, 2.45) is 0 Å². The Morgan fingerprint density at radius 2 is 2.05 bits per heavy atom. The van der Waals surface area contributed by atoms with Crippen LogP contribution in [0.2, 0.25) is 0 Å². The molecule has 0 aliphatic heterocycles. The highest BCUT2D eigenvalue weighted by atomic mass is 16.5. The molecule has 2 unspecified atom stereocenters. The van der Waals surface area contributed by atoms with Crippen LogP contribution in [0.25, 0.3) is 0 Å². The molecule has 0 saturated carbocycles. The quantitative estimate of drug-likeness (QED) is 0.691. The highest BCUT2D eigenvalue weighted by Crippen LogP contribution is 2.07. The molecule has 0 aliphatic carbocycles. The smallest absolute Gasteiger partial charge is 0.320 e. The molecular weight excluding hydrogens is 254 g/mol. The average Bonchev–Trinajstić information content (AvgIpc) is 2.44. The van der Waals surface area contributed by atoms with E-state index in [-0.39, 0.29) is 6.04 Å². The highest BCUT2D eigenvalue weighted by Gasteiger charge is 2.21. The van der Waals surface area contributed by atoms with Crippen molar-refractivity contribution in [1.82, 2.24) is 5.32 Å². The molecule has 1 aromatic rings. The number of unbranched alkanes of at least 4 members (excludes halogenated alkanes) is 1. The maximum atomic E-state index is 11.3. The Labute approximate surface area is 121 Å². The van der Waals surface area contributed by atoms with Gasteiger partial charge in [0.1, 0.15) is 6.04 Å². The standard InChI is InChI=1S/C16H25NO3/c1-3-4-10-15(16(18)19)17-14(12-20-2)11-13-8-6-5-7-9-13/h5-9,14-15,17H,3-4,10-12H2,1-2H3,(H,18,19). The van der Waals surface area contributed by atoms with E-state index in [9.17, 15) is 9.90 Å². The van der Waals surface area contributed by atoms with Crippen LogP contribution in [0.1, 0.15) is 31.7 Å². The van der Waals surface area contributed by atoms with E-state index >= 15 is 0 Å². The number of nitrogens with one attached hydrogen (secondary N) is 1. The van der Waals surface area contributed by atoms with E-state index in [1.807, 2.05) is 30.3 Å². The fourth-order valence-corrected chi connectivity index (χ4v) is 2.24. The van der Waals surface area contributed by atoms with Gasteiger partial charge in [-0.2, -0.15) is 0 Å². The second-order valence-electron chi connectivity index (χ2n) is 5.04. The van der Waals surface area contributed by atoms with Gasteiger partial charge in [-0.1, -0.05) is 50.1 Å². The number of aliphatic carboxylic acids is 1. The molecule has 0 heterocycles. The fraction of sp³-hybridized carbons (Fsp3) is 0.562. The van der Waals surface area contributed by atoms with Crippen LogP contribution in [0.5, 0.6) is 0 Å². The van der Waals surface area contributed by atoms with Crippen molar-refractivity contribution in [3.8, 4) is 0 Å². The van der Waals surface area contributed by atoms with Crippen LogP contribution < -0.4 is 5.32 Å². The summed E-state index contributed by atoms with van der Waals surface area (Å²) in [4.78, 5) is 11.3. The number of carbonyl (C=O) groups is 1. The molecule has 112 valence electrons. The van der Waals surface area contributed by atoms with E-state index in [0.717, 1.165) is 19.3 Å². The van der Waals surface area contributed by atoms with Crippen LogP contribution in [-0.2, 0) is 16.0 Å². The van der Waals surface area contributed by atoms with Gasteiger partial charge in [0, 0.05) is 13.2 Å². The average molecular weight is 279 g/mol. The summed E-state index contributed by atoms with van der Waals surface area (Å²) in [6.45, 7) is 2.57. The molecule has 20 heavy (non-hydrogen) atoms. The zero-order valence-corrected chi connectivity index (χ0v) is 12.3. The van der Waals surface area contributed by atoms with Gasteiger partial charge < -0.3 is 9.84 Å². The molecule has 1 rings (SSSR count). The van der Waals surface area contributed by atoms with Gasteiger partial charge >= 0.3 is 5.97 Å². The predicted molar refractivity (Wildman–Crippen MR) is 79.9 cm³/mol. The van der Waals surface area contributed by atoms with Gasteiger partial charge in [-0.15, -0.1) is 0 Å². The minimum atomic E-state index is -0.785. The lowest BCUT2D eigenvalue weighted by Gasteiger charge is -2.23. The number of methoxy groups -OCH3 is 1. The Morgan fingerprint density at radius 1 is 1.35 bits per heavy atom. The summed E-state index contributed by atoms with van der Waals surface area (Å²) < 4.78 is 5.21. The number of hydrogen-bond acceptors (Lipinski definition) is 3. The van der Waals surface area contributed by atoms with Gasteiger partial charge in [-0.3, -0.25) is 10.1 Å². The van der Waals surface area contributed by atoms with Crippen molar-refractivity contribution in [2.75, 3.05) is 13.7 Å². The summed E-state index contributed by atoms with van der Waals surface area (Å²) in [7, 11) is 1.64. The van der Waals surface area contributed by atoms with Crippen LogP contribution >= 0.6 is 0 Å². The molecule has 0 amide bonds. The normalized spacial score (nSPS) is 13.9.